The van der Waals surface area contributed by atoms with Gasteiger partial charge in [-0.2, -0.15) is 0 Å². The second kappa shape index (κ2) is 10.2. The monoisotopic (exact) mass is 378 g/mol. The van der Waals surface area contributed by atoms with Gasteiger partial charge in [-0.15, -0.1) is 0 Å². The molecule has 6 nitrogen and oxygen atoms in total. The number of aldehydes is 1. The first-order valence-corrected chi connectivity index (χ1v) is 9.05. The molecule has 0 aliphatic carbocycles. The van der Waals surface area contributed by atoms with Crippen LogP contribution in [0.3, 0.4) is 0 Å². The molecule has 0 aliphatic heterocycles. The van der Waals surface area contributed by atoms with E-state index in [0.717, 1.165) is 23.0 Å². The Morgan fingerprint density at radius 3 is 2.50 bits per heavy atom. The predicted octanol–water partition coefficient (Wildman–Crippen LogP) is 3.98. The van der Waals surface area contributed by atoms with Gasteiger partial charge >= 0.3 is 0 Å². The van der Waals surface area contributed by atoms with Gasteiger partial charge in [0, 0.05) is 29.9 Å². The zero-order valence-corrected chi connectivity index (χ0v) is 16.5. The van der Waals surface area contributed by atoms with E-state index in [1.54, 1.807) is 6.07 Å². The molecule has 0 amide bonds. The van der Waals surface area contributed by atoms with Crippen LogP contribution in [0, 0.1) is 6.92 Å². The zero-order chi connectivity index (χ0) is 20.5. The third-order valence-corrected chi connectivity index (χ3v) is 4.15. The lowest BCUT2D eigenvalue weighted by Crippen LogP contribution is -2.17. The Labute approximate surface area is 165 Å². The molecule has 2 aromatic carbocycles. The number of hydrogen-bond acceptors (Lipinski definition) is 5. The third kappa shape index (κ3) is 5.14. The number of benzene rings is 2. The predicted molar refractivity (Wildman–Crippen MR) is 116 cm³/mol. The van der Waals surface area contributed by atoms with Gasteiger partial charge in [-0.1, -0.05) is 35.9 Å². The summed E-state index contributed by atoms with van der Waals surface area (Å²) in [5, 5.41) is 16.9. The molecule has 0 aromatic heterocycles. The molecule has 0 heterocycles. The Balaban J connectivity index is 2.42. The molecule has 0 atom stereocenters. The number of anilines is 1. The highest BCUT2D eigenvalue weighted by molar-refractivity contribution is 6.11. The summed E-state index contributed by atoms with van der Waals surface area (Å²) in [6, 6.07) is 13.0. The molecular weight excluding hydrogens is 352 g/mol. The maximum Gasteiger partial charge on any atom is 0.184 e. The first kappa shape index (κ1) is 21.1. The molecule has 0 saturated carbocycles. The van der Waals surface area contributed by atoms with E-state index in [0.29, 0.717) is 30.0 Å². The highest BCUT2D eigenvalue weighted by Gasteiger charge is 2.14. The van der Waals surface area contributed by atoms with Crippen molar-refractivity contribution in [2.45, 2.75) is 20.4 Å². The highest BCUT2D eigenvalue weighted by atomic mass is 16.3. The van der Waals surface area contributed by atoms with Crippen molar-refractivity contribution in [3.05, 3.63) is 70.5 Å². The number of aliphatic imine (C=N–C) groups is 2. The van der Waals surface area contributed by atoms with Crippen molar-refractivity contribution < 1.29 is 9.90 Å². The van der Waals surface area contributed by atoms with Gasteiger partial charge in [0.2, 0.25) is 0 Å². The van der Waals surface area contributed by atoms with Gasteiger partial charge in [0.1, 0.15) is 12.0 Å². The van der Waals surface area contributed by atoms with Crippen LogP contribution in [0.1, 0.15) is 34.0 Å². The molecule has 28 heavy (non-hydrogen) atoms. The van der Waals surface area contributed by atoms with E-state index in [-0.39, 0.29) is 11.6 Å². The normalized spacial score (nSPS) is 12.3. The molecule has 2 aromatic rings. The molecule has 0 aliphatic rings. The molecule has 146 valence electrons. The Morgan fingerprint density at radius 1 is 1.21 bits per heavy atom. The summed E-state index contributed by atoms with van der Waals surface area (Å²) in [5.74, 6) is 0.163. The van der Waals surface area contributed by atoms with Crippen LogP contribution in [0.5, 0.6) is 0 Å². The van der Waals surface area contributed by atoms with Gasteiger partial charge in [-0.25, -0.2) is 0 Å². The summed E-state index contributed by atoms with van der Waals surface area (Å²) in [6.45, 7) is 8.50. The van der Waals surface area contributed by atoms with Crippen molar-refractivity contribution in [1.29, 1.82) is 0 Å². The number of carbonyl (C=O) groups excluding carboxylic acids is 1. The number of aliphatic hydroxyl groups excluding tert-OH is 1. The summed E-state index contributed by atoms with van der Waals surface area (Å²) in [6.07, 6.45) is 0.813. The van der Waals surface area contributed by atoms with Crippen LogP contribution < -0.4 is 10.6 Å². The van der Waals surface area contributed by atoms with Gasteiger partial charge < -0.3 is 15.7 Å². The second-order valence-electron chi connectivity index (χ2n) is 6.23. The molecule has 0 saturated heterocycles. The quantitative estimate of drug-likeness (QED) is 0.281. The summed E-state index contributed by atoms with van der Waals surface area (Å²) in [7, 11) is 1.82. The number of nitrogens with zero attached hydrogens (tertiary/aromatic N) is 2. The fourth-order valence-corrected chi connectivity index (χ4v) is 2.73. The average molecular weight is 378 g/mol. The van der Waals surface area contributed by atoms with Gasteiger partial charge in [0.15, 0.2) is 11.6 Å². The van der Waals surface area contributed by atoms with Crippen molar-refractivity contribution in [2.75, 3.05) is 18.9 Å². The van der Waals surface area contributed by atoms with E-state index >= 15 is 0 Å². The van der Waals surface area contributed by atoms with Crippen LogP contribution >= 0.6 is 0 Å². The molecule has 0 unspecified atom stereocenters. The number of hydrogen-bond donors (Lipinski definition) is 3. The molecule has 2 rings (SSSR count). The number of amidine groups is 1. The number of carbonyl (C=O) groups is 1. The lowest BCUT2D eigenvalue weighted by atomic mass is 10.1. The number of rotatable bonds is 8. The summed E-state index contributed by atoms with van der Waals surface area (Å²) < 4.78 is 0. The summed E-state index contributed by atoms with van der Waals surface area (Å²) in [5.41, 5.74) is 4.29. The molecule has 3 N–H and O–H groups in total. The number of aliphatic hydroxyl groups is 1. The van der Waals surface area contributed by atoms with E-state index in [1.807, 2.05) is 57.3 Å². The van der Waals surface area contributed by atoms with E-state index in [9.17, 15) is 9.90 Å². The SMILES string of the molecule is C=N/C(=C(/O)C(=NCC)Nc1ccc(CNC)c(C=O)c1)c1ccc(C)cc1. The van der Waals surface area contributed by atoms with Crippen LogP contribution in [-0.4, -0.2) is 37.5 Å². The van der Waals surface area contributed by atoms with E-state index in [1.165, 1.54) is 0 Å². The average Bonchev–Trinajstić information content (AvgIpc) is 2.70. The molecule has 6 heteroatoms. The fraction of sp³-hybridized carbons (Fsp3) is 0.227. The van der Waals surface area contributed by atoms with Crippen LogP contribution in [0.25, 0.3) is 5.70 Å². The second-order valence-corrected chi connectivity index (χ2v) is 6.23. The molecule has 0 fully saturated rings. The third-order valence-electron chi connectivity index (χ3n) is 4.15. The topological polar surface area (TPSA) is 86.1 Å². The van der Waals surface area contributed by atoms with Crippen molar-refractivity contribution >= 4 is 30.2 Å². The standard InChI is InChI=1S/C22H26N4O2/c1-5-25-22(21(28)20(24-4)16-8-6-15(2)7-9-16)26-19-11-10-17(13-23-3)18(12-19)14-27/h6-12,14,23,28H,4-5,13H2,1-3H3,(H,25,26)/b21-20+. The minimum Gasteiger partial charge on any atom is -0.503 e. The lowest BCUT2D eigenvalue weighted by molar-refractivity contribution is 0.112. The fourth-order valence-electron chi connectivity index (χ4n) is 2.73. The Morgan fingerprint density at radius 2 is 1.93 bits per heavy atom. The minimum atomic E-state index is -0.104. The Kier molecular flexibility index (Phi) is 7.65. The molecule has 0 bridgehead atoms. The van der Waals surface area contributed by atoms with Crippen LogP contribution in [0.15, 0.2) is 58.2 Å². The number of nitrogens with one attached hydrogen (secondary N) is 2. The molecule has 0 spiro atoms. The van der Waals surface area contributed by atoms with Gasteiger partial charge in [0.25, 0.3) is 0 Å². The van der Waals surface area contributed by atoms with Gasteiger partial charge in [0.05, 0.1) is 0 Å². The van der Waals surface area contributed by atoms with Gasteiger partial charge in [-0.3, -0.25) is 14.8 Å². The summed E-state index contributed by atoms with van der Waals surface area (Å²) in [4.78, 5) is 19.8. The van der Waals surface area contributed by atoms with Crippen LogP contribution in [0.2, 0.25) is 0 Å². The maximum absolute atomic E-state index is 11.4. The van der Waals surface area contributed by atoms with Crippen molar-refractivity contribution in [3.63, 3.8) is 0 Å². The van der Waals surface area contributed by atoms with Crippen molar-refractivity contribution in [1.82, 2.24) is 5.32 Å². The zero-order valence-electron chi connectivity index (χ0n) is 16.5. The largest absolute Gasteiger partial charge is 0.503 e. The minimum absolute atomic E-state index is 0.104. The molecule has 0 radical (unpaired) electrons. The van der Waals surface area contributed by atoms with Crippen molar-refractivity contribution in [3.8, 4) is 0 Å². The van der Waals surface area contributed by atoms with Gasteiger partial charge in [-0.05, 0) is 45.3 Å². The smallest absolute Gasteiger partial charge is 0.184 e. The van der Waals surface area contributed by atoms with Crippen molar-refractivity contribution in [2.24, 2.45) is 9.98 Å². The van der Waals surface area contributed by atoms with E-state index in [4.69, 9.17) is 0 Å². The van der Waals surface area contributed by atoms with E-state index < -0.39 is 0 Å². The maximum atomic E-state index is 11.4. The first-order chi connectivity index (χ1) is 13.5. The van der Waals surface area contributed by atoms with Crippen LogP contribution in [0.4, 0.5) is 5.69 Å². The highest BCUT2D eigenvalue weighted by Crippen LogP contribution is 2.22. The van der Waals surface area contributed by atoms with E-state index in [2.05, 4.69) is 27.3 Å². The Bertz CT molecular complexity index is 899. The van der Waals surface area contributed by atoms with Crippen LogP contribution in [-0.2, 0) is 6.54 Å². The first-order valence-electron chi connectivity index (χ1n) is 9.05. The lowest BCUT2D eigenvalue weighted by Gasteiger charge is -2.14. The number of aryl methyl sites for hydroxylation is 1. The summed E-state index contributed by atoms with van der Waals surface area (Å²) >= 11 is 0. The Hall–Kier alpha value is -3.25. The molecular formula is C22H26N4O2.